The third kappa shape index (κ3) is 27.3. The Morgan fingerprint density at radius 3 is 0.929 bits per heavy atom. The van der Waals surface area contributed by atoms with Crippen LogP contribution in [0.1, 0.15) is 38.5 Å². The minimum atomic E-state index is -1.44. The molecule has 0 aromatic rings. The number of carboxylic acid groups (broad SMARTS) is 3. The summed E-state index contributed by atoms with van der Waals surface area (Å²) in [5.74, 6) is -4.31. The zero-order valence-corrected chi connectivity index (χ0v) is 18.1. The first-order valence-electron chi connectivity index (χ1n) is 7.52. The quantitative estimate of drug-likeness (QED) is 0.180. The van der Waals surface area contributed by atoms with Crippen LogP contribution < -0.4 is 15.3 Å². The van der Waals surface area contributed by atoms with E-state index in [1.807, 2.05) is 0 Å². The molecule has 0 aromatic heterocycles. The third-order valence-electron chi connectivity index (χ3n) is 2.49. The number of aliphatic carboxylic acids is 3. The van der Waals surface area contributed by atoms with Crippen molar-refractivity contribution >= 4 is 70.7 Å². The van der Waals surface area contributed by atoms with Gasteiger partial charge in [0.2, 0.25) is 0 Å². The smallest absolute Gasteiger partial charge is 0.547 e. The van der Waals surface area contributed by atoms with Gasteiger partial charge in [-0.2, -0.15) is 0 Å². The van der Waals surface area contributed by atoms with Crippen LogP contribution in [-0.4, -0.2) is 67.6 Å². The minimum absolute atomic E-state index is 0. The Hall–Kier alpha value is -0.921. The van der Waals surface area contributed by atoms with Crippen LogP contribution in [0, 0.1) is 0 Å². The van der Waals surface area contributed by atoms with Gasteiger partial charge in [0.25, 0.3) is 0 Å². The standard InChI is InChI=1S/3C5H8O3S.Fe/c3*6-4(5(7)8)2-1-3-9;/h3*3-4,6H,1-2H2,(H,7,8);/q;;;+3/p-3. The predicted octanol–water partition coefficient (Wildman–Crippen LogP) is -3.37. The summed E-state index contributed by atoms with van der Waals surface area (Å²) in [5, 5.41) is 59.1. The number of carbonyl (C=O) groups excluding carboxylic acids is 3. The van der Waals surface area contributed by atoms with Crippen molar-refractivity contribution in [1.29, 1.82) is 0 Å². The number of rotatable bonds is 12. The molecule has 0 fully saturated rings. The fraction of sp³-hybridized carbons (Fsp3) is 0.600. The van der Waals surface area contributed by atoms with Crippen LogP contribution in [0.2, 0.25) is 0 Å². The van der Waals surface area contributed by atoms with Crippen molar-refractivity contribution in [3.05, 3.63) is 0 Å². The fourth-order valence-corrected chi connectivity index (χ4v) is 1.44. The molecule has 3 N–H and O–H groups in total. The van der Waals surface area contributed by atoms with E-state index in [1.54, 1.807) is 0 Å². The average Bonchev–Trinajstić information content (AvgIpc) is 2.62. The second-order valence-electron chi connectivity index (χ2n) is 4.74. The van der Waals surface area contributed by atoms with Gasteiger partial charge >= 0.3 is 17.1 Å². The molecule has 13 heteroatoms. The van der Waals surface area contributed by atoms with Crippen molar-refractivity contribution in [3.63, 3.8) is 0 Å². The largest absolute Gasteiger partial charge is 3.00 e. The Bertz CT molecular complexity index is 411. The van der Waals surface area contributed by atoms with Gasteiger partial charge in [-0.1, -0.05) is 36.7 Å². The van der Waals surface area contributed by atoms with Crippen molar-refractivity contribution in [1.82, 2.24) is 0 Å². The van der Waals surface area contributed by atoms with Crippen LogP contribution in [0.15, 0.2) is 0 Å². The van der Waals surface area contributed by atoms with Gasteiger partial charge in [0.05, 0.1) is 36.2 Å². The monoisotopic (exact) mass is 497 g/mol. The summed E-state index contributed by atoms with van der Waals surface area (Å²) in [6.45, 7) is 0. The van der Waals surface area contributed by atoms with Gasteiger partial charge in [-0.25, -0.2) is 0 Å². The Morgan fingerprint density at radius 2 is 0.821 bits per heavy atom. The molecular formula is C15H21FeO9S3. The Kier molecular flexibility index (Phi) is 29.8. The first-order chi connectivity index (χ1) is 12.5. The zero-order valence-electron chi connectivity index (χ0n) is 14.6. The Balaban J connectivity index is -0.000000152. The number of carbonyl (C=O) groups is 3. The van der Waals surface area contributed by atoms with Crippen molar-refractivity contribution in [2.45, 2.75) is 56.8 Å². The summed E-state index contributed by atoms with van der Waals surface area (Å²) >= 11 is 13.2. The number of carboxylic acids is 3. The maximum Gasteiger partial charge on any atom is 3.00 e. The van der Waals surface area contributed by atoms with E-state index in [0.717, 1.165) is 0 Å². The van der Waals surface area contributed by atoms with Gasteiger partial charge in [0.15, 0.2) is 0 Å². The summed E-state index contributed by atoms with van der Waals surface area (Å²) in [4.78, 5) is 29.4. The number of hydrogen-bond donors (Lipinski definition) is 3. The second-order valence-corrected chi connectivity index (χ2v) is 5.74. The molecule has 0 heterocycles. The van der Waals surface area contributed by atoms with Crippen molar-refractivity contribution in [2.24, 2.45) is 0 Å². The van der Waals surface area contributed by atoms with E-state index in [1.165, 1.54) is 16.1 Å². The van der Waals surface area contributed by atoms with Gasteiger partial charge in [0.1, 0.15) is 0 Å². The first kappa shape index (κ1) is 34.6. The SMILES string of the molecule is O=C([O-])C(O)CCC=S.O=C([O-])C(O)CCC=S.O=C([O-])C(O)CCC=S.[Fe+3]. The van der Waals surface area contributed by atoms with Crippen LogP contribution in [0.4, 0.5) is 0 Å². The number of aliphatic hydroxyl groups excluding tert-OH is 3. The van der Waals surface area contributed by atoms with E-state index in [2.05, 4.69) is 36.7 Å². The van der Waals surface area contributed by atoms with Gasteiger partial charge in [-0.3, -0.25) is 0 Å². The van der Waals surface area contributed by atoms with Crippen LogP contribution in [0.25, 0.3) is 0 Å². The average molecular weight is 497 g/mol. The summed E-state index contributed by atoms with van der Waals surface area (Å²) in [7, 11) is 0. The molecule has 1 radical (unpaired) electrons. The van der Waals surface area contributed by atoms with E-state index in [-0.39, 0.29) is 36.3 Å². The molecule has 0 saturated heterocycles. The summed E-state index contributed by atoms with van der Waals surface area (Å²) in [6.07, 6.45) is -2.42. The number of thiocarbonyl (C=S) groups is 3. The molecule has 0 aliphatic heterocycles. The molecule has 3 unspecified atom stereocenters. The number of aliphatic hydroxyl groups is 3. The molecule has 0 aromatic carbocycles. The molecule has 3 atom stereocenters. The molecular weight excluding hydrogens is 476 g/mol. The maximum atomic E-state index is 9.80. The van der Waals surface area contributed by atoms with Gasteiger partial charge in [0, 0.05) is 0 Å². The molecule has 0 saturated carbocycles. The van der Waals surface area contributed by atoms with E-state index in [0.29, 0.717) is 19.3 Å². The van der Waals surface area contributed by atoms with Crippen LogP contribution >= 0.6 is 36.7 Å². The zero-order chi connectivity index (χ0) is 21.8. The van der Waals surface area contributed by atoms with Gasteiger partial charge in [-0.05, 0) is 54.6 Å². The number of hydrogen-bond acceptors (Lipinski definition) is 12. The summed E-state index contributed by atoms with van der Waals surface area (Å²) in [6, 6.07) is 0. The topological polar surface area (TPSA) is 181 Å². The summed E-state index contributed by atoms with van der Waals surface area (Å²) in [5.41, 5.74) is 0. The Morgan fingerprint density at radius 1 is 0.643 bits per heavy atom. The summed E-state index contributed by atoms with van der Waals surface area (Å²) < 4.78 is 0. The molecule has 0 spiro atoms. The molecule has 0 amide bonds. The molecule has 0 bridgehead atoms. The van der Waals surface area contributed by atoms with Crippen LogP contribution in [-0.2, 0) is 31.5 Å². The van der Waals surface area contributed by atoms with Crippen LogP contribution in [0.3, 0.4) is 0 Å². The van der Waals surface area contributed by atoms with E-state index in [9.17, 15) is 29.7 Å². The van der Waals surface area contributed by atoms with E-state index < -0.39 is 36.2 Å². The molecule has 9 nitrogen and oxygen atoms in total. The molecule has 0 aliphatic carbocycles. The normalized spacial score (nSPS) is 12.1. The molecule has 0 rings (SSSR count). The first-order valence-corrected chi connectivity index (χ1v) is 8.94. The van der Waals surface area contributed by atoms with Crippen molar-refractivity contribution in [3.8, 4) is 0 Å². The van der Waals surface area contributed by atoms with Crippen LogP contribution in [0.5, 0.6) is 0 Å². The van der Waals surface area contributed by atoms with Gasteiger partial charge in [-0.15, -0.1) is 0 Å². The van der Waals surface area contributed by atoms with E-state index in [4.69, 9.17) is 15.3 Å². The van der Waals surface area contributed by atoms with E-state index >= 15 is 0 Å². The van der Waals surface area contributed by atoms with Crippen molar-refractivity contribution < 1.29 is 62.1 Å². The molecule has 28 heavy (non-hydrogen) atoms. The Labute approximate surface area is 189 Å². The minimum Gasteiger partial charge on any atom is -0.547 e. The third-order valence-corrected chi connectivity index (χ3v) is 3.20. The fourth-order valence-electron chi connectivity index (χ4n) is 1.03. The molecule has 0 aliphatic rings. The van der Waals surface area contributed by atoms with Gasteiger partial charge < -0.3 is 45.0 Å². The second kappa shape index (κ2) is 24.1. The molecule has 161 valence electrons. The predicted molar refractivity (Wildman–Crippen MR) is 102 cm³/mol. The van der Waals surface area contributed by atoms with Crippen molar-refractivity contribution in [2.75, 3.05) is 0 Å². The maximum absolute atomic E-state index is 9.80.